The molecule has 2 aromatic carbocycles. The molecule has 0 radical (unpaired) electrons. The van der Waals surface area contributed by atoms with Gasteiger partial charge in [-0.05, 0) is 74.2 Å². The van der Waals surface area contributed by atoms with Crippen LogP contribution in [0, 0.1) is 0 Å². The van der Waals surface area contributed by atoms with Crippen molar-refractivity contribution in [2.75, 3.05) is 19.8 Å². The van der Waals surface area contributed by atoms with Gasteiger partial charge in [0.1, 0.15) is 11.5 Å². The number of aliphatic hydroxyl groups is 1. The summed E-state index contributed by atoms with van der Waals surface area (Å²) in [5.41, 5.74) is 0.816. The highest BCUT2D eigenvalue weighted by molar-refractivity contribution is 5.92. The van der Waals surface area contributed by atoms with Crippen LogP contribution < -0.4 is 9.47 Å². The highest BCUT2D eigenvalue weighted by atomic mass is 16.5. The van der Waals surface area contributed by atoms with E-state index < -0.39 is 11.9 Å². The molecule has 2 rings (SSSR count). The molecule has 0 fully saturated rings. The number of esters is 2. The topological polar surface area (TPSA) is 82.1 Å². The number of benzene rings is 2. The Labute approximate surface area is 171 Å². The predicted octanol–water partition coefficient (Wildman–Crippen LogP) is 4.40. The van der Waals surface area contributed by atoms with Gasteiger partial charge in [0, 0.05) is 6.61 Å². The first-order valence-electron chi connectivity index (χ1n) is 9.97. The minimum atomic E-state index is -0.481. The maximum atomic E-state index is 12.2. The van der Waals surface area contributed by atoms with Crippen molar-refractivity contribution in [1.82, 2.24) is 0 Å². The minimum Gasteiger partial charge on any atom is -0.494 e. The highest BCUT2D eigenvalue weighted by Gasteiger charge is 2.11. The van der Waals surface area contributed by atoms with Crippen molar-refractivity contribution in [2.45, 2.75) is 39.0 Å². The van der Waals surface area contributed by atoms with Crippen molar-refractivity contribution in [1.29, 1.82) is 0 Å². The average molecular weight is 400 g/mol. The van der Waals surface area contributed by atoms with Crippen molar-refractivity contribution in [3.8, 4) is 11.5 Å². The molecule has 156 valence electrons. The molecule has 2 aromatic rings. The zero-order valence-electron chi connectivity index (χ0n) is 16.8. The lowest BCUT2D eigenvalue weighted by Gasteiger charge is -2.08. The van der Waals surface area contributed by atoms with Gasteiger partial charge in [0.15, 0.2) is 0 Å². The third-order valence-corrected chi connectivity index (χ3v) is 4.15. The SMILES string of the molecule is CCCOc1ccc(C(=O)Oc2ccc(C(=O)OCCCCCCO)cc2)cc1. The summed E-state index contributed by atoms with van der Waals surface area (Å²) < 4.78 is 16.0. The van der Waals surface area contributed by atoms with Crippen molar-refractivity contribution < 1.29 is 28.9 Å². The summed E-state index contributed by atoms with van der Waals surface area (Å²) in [7, 11) is 0. The summed E-state index contributed by atoms with van der Waals surface area (Å²) in [5, 5.41) is 8.72. The molecule has 1 N–H and O–H groups in total. The van der Waals surface area contributed by atoms with Crippen LogP contribution in [0.2, 0.25) is 0 Å². The van der Waals surface area contributed by atoms with Gasteiger partial charge in [-0.15, -0.1) is 0 Å². The Bertz CT molecular complexity index is 752. The van der Waals surface area contributed by atoms with Crippen LogP contribution in [0.15, 0.2) is 48.5 Å². The summed E-state index contributed by atoms with van der Waals surface area (Å²) in [6.07, 6.45) is 4.28. The van der Waals surface area contributed by atoms with Crippen LogP contribution in [0.3, 0.4) is 0 Å². The molecule has 6 heteroatoms. The monoisotopic (exact) mass is 400 g/mol. The number of ether oxygens (including phenoxy) is 3. The fourth-order valence-electron chi connectivity index (χ4n) is 2.55. The van der Waals surface area contributed by atoms with E-state index in [1.54, 1.807) is 48.5 Å². The van der Waals surface area contributed by atoms with Crippen LogP contribution in [0.4, 0.5) is 0 Å². The first kappa shape index (κ1) is 22.4. The normalized spacial score (nSPS) is 10.4. The maximum Gasteiger partial charge on any atom is 0.343 e. The van der Waals surface area contributed by atoms with Gasteiger partial charge in [0.25, 0.3) is 0 Å². The van der Waals surface area contributed by atoms with Gasteiger partial charge in [0.2, 0.25) is 0 Å². The van der Waals surface area contributed by atoms with Gasteiger partial charge in [-0.1, -0.05) is 13.3 Å². The number of hydrogen-bond donors (Lipinski definition) is 1. The third-order valence-electron chi connectivity index (χ3n) is 4.15. The molecule has 0 heterocycles. The molecule has 6 nitrogen and oxygen atoms in total. The van der Waals surface area contributed by atoms with E-state index in [1.165, 1.54) is 0 Å². The maximum absolute atomic E-state index is 12.2. The molecule has 0 bridgehead atoms. The Kier molecular flexibility index (Phi) is 9.72. The number of aliphatic hydroxyl groups excluding tert-OH is 1. The van der Waals surface area contributed by atoms with Crippen LogP contribution in [0.25, 0.3) is 0 Å². The molecule has 0 amide bonds. The van der Waals surface area contributed by atoms with Gasteiger partial charge in [-0.2, -0.15) is 0 Å². The van der Waals surface area contributed by atoms with E-state index in [9.17, 15) is 9.59 Å². The molecule has 29 heavy (non-hydrogen) atoms. The lowest BCUT2D eigenvalue weighted by Crippen LogP contribution is -2.09. The van der Waals surface area contributed by atoms with Crippen LogP contribution in [0.5, 0.6) is 11.5 Å². The summed E-state index contributed by atoms with van der Waals surface area (Å²) in [5.74, 6) is 0.166. The molecule has 0 saturated heterocycles. The number of carbonyl (C=O) groups is 2. The van der Waals surface area contributed by atoms with Crippen molar-refractivity contribution in [3.05, 3.63) is 59.7 Å². The van der Waals surface area contributed by atoms with Gasteiger partial charge in [-0.25, -0.2) is 9.59 Å². The molecule has 0 aliphatic heterocycles. The number of carbonyl (C=O) groups excluding carboxylic acids is 2. The summed E-state index contributed by atoms with van der Waals surface area (Å²) >= 11 is 0. The summed E-state index contributed by atoms with van der Waals surface area (Å²) in [4.78, 5) is 24.3. The third kappa shape index (κ3) is 7.95. The fraction of sp³-hybridized carbons (Fsp3) is 0.391. The standard InChI is InChI=1S/C23H28O6/c1-2-16-27-20-11-7-19(8-12-20)23(26)29-21-13-9-18(10-14-21)22(25)28-17-6-4-3-5-15-24/h7-14,24H,2-6,15-17H2,1H3. The van der Waals surface area contributed by atoms with Gasteiger partial charge >= 0.3 is 11.9 Å². The van der Waals surface area contributed by atoms with E-state index in [4.69, 9.17) is 19.3 Å². The molecule has 0 spiro atoms. The van der Waals surface area contributed by atoms with Crippen molar-refractivity contribution in [3.63, 3.8) is 0 Å². The largest absolute Gasteiger partial charge is 0.494 e. The number of hydrogen-bond acceptors (Lipinski definition) is 6. The Morgan fingerprint density at radius 3 is 1.97 bits per heavy atom. The smallest absolute Gasteiger partial charge is 0.343 e. The molecule has 0 aliphatic carbocycles. The first-order chi connectivity index (χ1) is 14.1. The zero-order chi connectivity index (χ0) is 20.9. The first-order valence-corrected chi connectivity index (χ1v) is 9.97. The fourth-order valence-corrected chi connectivity index (χ4v) is 2.55. The second-order valence-corrected chi connectivity index (χ2v) is 6.56. The van der Waals surface area contributed by atoms with E-state index in [1.807, 2.05) is 6.92 Å². The quantitative estimate of drug-likeness (QED) is 0.323. The Balaban J connectivity index is 1.80. The molecule has 0 atom stereocenters. The zero-order valence-corrected chi connectivity index (χ0v) is 16.8. The van der Waals surface area contributed by atoms with E-state index in [0.717, 1.165) is 32.1 Å². The van der Waals surface area contributed by atoms with Crippen LogP contribution in [-0.4, -0.2) is 36.9 Å². The molecule has 0 unspecified atom stereocenters. The molecular weight excluding hydrogens is 372 g/mol. The second-order valence-electron chi connectivity index (χ2n) is 6.56. The molecule has 0 aromatic heterocycles. The number of rotatable bonds is 12. The molecule has 0 saturated carbocycles. The van der Waals surface area contributed by atoms with E-state index in [2.05, 4.69) is 0 Å². The lowest BCUT2D eigenvalue weighted by atomic mass is 10.2. The van der Waals surface area contributed by atoms with Gasteiger partial charge in [0.05, 0.1) is 24.3 Å². The second kappa shape index (κ2) is 12.6. The number of unbranched alkanes of at least 4 members (excludes halogenated alkanes) is 3. The van der Waals surface area contributed by atoms with E-state index in [0.29, 0.717) is 35.8 Å². The Morgan fingerprint density at radius 2 is 1.34 bits per heavy atom. The Morgan fingerprint density at radius 1 is 0.759 bits per heavy atom. The predicted molar refractivity (Wildman–Crippen MR) is 109 cm³/mol. The minimum absolute atomic E-state index is 0.190. The van der Waals surface area contributed by atoms with Crippen LogP contribution in [0.1, 0.15) is 59.7 Å². The van der Waals surface area contributed by atoms with Crippen LogP contribution >= 0.6 is 0 Å². The average Bonchev–Trinajstić information content (AvgIpc) is 2.75. The van der Waals surface area contributed by atoms with Crippen LogP contribution in [-0.2, 0) is 4.74 Å². The Hall–Kier alpha value is -2.86. The van der Waals surface area contributed by atoms with E-state index >= 15 is 0 Å². The summed E-state index contributed by atoms with van der Waals surface area (Å²) in [6.45, 7) is 3.19. The summed E-state index contributed by atoms with van der Waals surface area (Å²) in [6, 6.07) is 13.0. The van der Waals surface area contributed by atoms with Crippen molar-refractivity contribution in [2.24, 2.45) is 0 Å². The highest BCUT2D eigenvalue weighted by Crippen LogP contribution is 2.17. The lowest BCUT2D eigenvalue weighted by molar-refractivity contribution is 0.0497. The van der Waals surface area contributed by atoms with Gasteiger partial charge in [-0.3, -0.25) is 0 Å². The molecular formula is C23H28O6. The van der Waals surface area contributed by atoms with E-state index in [-0.39, 0.29) is 6.61 Å². The molecule has 0 aliphatic rings. The van der Waals surface area contributed by atoms with Gasteiger partial charge < -0.3 is 19.3 Å². The van der Waals surface area contributed by atoms with Crippen molar-refractivity contribution >= 4 is 11.9 Å².